The molecule has 12 heavy (non-hydrogen) atoms. The van der Waals surface area contributed by atoms with Crippen LogP contribution in [0.2, 0.25) is 0 Å². The first-order chi connectivity index (χ1) is 5.70. The molecule has 1 saturated heterocycles. The zero-order valence-electron chi connectivity index (χ0n) is 8.13. The number of carbonyl (C=O) groups excluding carboxylic acids is 1. The summed E-state index contributed by atoms with van der Waals surface area (Å²) in [6.45, 7) is 7.14. The van der Waals surface area contributed by atoms with Crippen molar-refractivity contribution in [3.63, 3.8) is 0 Å². The maximum absolute atomic E-state index is 10.2. The molecule has 1 rings (SSSR count). The van der Waals surface area contributed by atoms with Gasteiger partial charge in [-0.05, 0) is 20.3 Å². The molecule has 1 unspecified atom stereocenters. The van der Waals surface area contributed by atoms with Crippen LogP contribution in [0.25, 0.3) is 0 Å². The summed E-state index contributed by atoms with van der Waals surface area (Å²) in [5.74, 6) is -0.123. The highest BCUT2D eigenvalue weighted by atomic mass is 16.5. The summed E-state index contributed by atoms with van der Waals surface area (Å²) < 4.78 is 9.48. The molecule has 3 nitrogen and oxygen atoms in total. The van der Waals surface area contributed by atoms with Gasteiger partial charge in [0.1, 0.15) is 0 Å². The minimum absolute atomic E-state index is 0.123. The number of ether oxygens (including phenoxy) is 2. The summed E-state index contributed by atoms with van der Waals surface area (Å²) in [4.78, 5) is 10.2. The Morgan fingerprint density at radius 2 is 2.08 bits per heavy atom. The number of carbonyl (C=O) groups is 1. The van der Waals surface area contributed by atoms with Crippen molar-refractivity contribution in [3.8, 4) is 0 Å². The van der Waals surface area contributed by atoms with Crippen molar-refractivity contribution < 1.29 is 14.3 Å². The van der Waals surface area contributed by atoms with Gasteiger partial charge in [-0.15, -0.1) is 0 Å². The average molecular weight is 174 g/mol. The molecule has 1 heterocycles. The van der Waals surface area contributed by atoms with Gasteiger partial charge in [0.05, 0.1) is 12.7 Å². The maximum atomic E-state index is 10.2. The molecule has 0 amide bonds. The standard InChI is InChI=1S/C5H10O2.C4H8O/c1-3-5(6)7-4-2;1-4-2-3-5-4/h3-4H2,1-2H3;4H,2-3H2,1H3. The molecule has 0 aromatic heterocycles. The van der Waals surface area contributed by atoms with E-state index in [0.29, 0.717) is 19.1 Å². The van der Waals surface area contributed by atoms with Crippen LogP contribution < -0.4 is 0 Å². The van der Waals surface area contributed by atoms with Crippen molar-refractivity contribution in [2.75, 3.05) is 13.2 Å². The van der Waals surface area contributed by atoms with Crippen LogP contribution in [0.15, 0.2) is 0 Å². The summed E-state index contributed by atoms with van der Waals surface area (Å²) in [5.41, 5.74) is 0. The zero-order chi connectivity index (χ0) is 9.40. The van der Waals surface area contributed by atoms with Gasteiger partial charge >= 0.3 is 5.97 Å². The molecule has 0 saturated carbocycles. The van der Waals surface area contributed by atoms with Gasteiger partial charge in [-0.1, -0.05) is 6.92 Å². The first-order valence-corrected chi connectivity index (χ1v) is 4.47. The van der Waals surface area contributed by atoms with Crippen LogP contribution in [0.5, 0.6) is 0 Å². The Morgan fingerprint density at radius 3 is 2.17 bits per heavy atom. The fourth-order valence-electron chi connectivity index (χ4n) is 0.617. The van der Waals surface area contributed by atoms with Gasteiger partial charge in [-0.2, -0.15) is 0 Å². The van der Waals surface area contributed by atoms with Crippen molar-refractivity contribution in [1.82, 2.24) is 0 Å². The van der Waals surface area contributed by atoms with Crippen LogP contribution in [0, 0.1) is 0 Å². The van der Waals surface area contributed by atoms with E-state index in [1.165, 1.54) is 6.42 Å². The normalized spacial score (nSPS) is 20.1. The molecule has 1 aliphatic heterocycles. The predicted molar refractivity (Wildman–Crippen MR) is 47.0 cm³/mol. The largest absolute Gasteiger partial charge is 0.466 e. The molecule has 0 N–H and O–H groups in total. The van der Waals surface area contributed by atoms with Crippen molar-refractivity contribution >= 4 is 5.97 Å². The van der Waals surface area contributed by atoms with Gasteiger partial charge in [-0.25, -0.2) is 0 Å². The molecule has 0 bridgehead atoms. The second-order valence-electron chi connectivity index (χ2n) is 2.63. The zero-order valence-corrected chi connectivity index (χ0v) is 8.13. The summed E-state index contributed by atoms with van der Waals surface area (Å²) in [6.07, 6.45) is 2.31. The Kier molecular flexibility index (Phi) is 6.76. The second kappa shape index (κ2) is 7.10. The fraction of sp³-hybridized carbons (Fsp3) is 0.889. The van der Waals surface area contributed by atoms with Crippen LogP contribution in [0.1, 0.15) is 33.6 Å². The third-order valence-corrected chi connectivity index (χ3v) is 1.52. The molecule has 0 spiro atoms. The Labute approximate surface area is 74.0 Å². The number of hydrogen-bond acceptors (Lipinski definition) is 3. The highest BCUT2D eigenvalue weighted by Crippen LogP contribution is 2.07. The molecule has 0 aliphatic carbocycles. The quantitative estimate of drug-likeness (QED) is 0.598. The van der Waals surface area contributed by atoms with E-state index in [2.05, 4.69) is 11.7 Å². The van der Waals surface area contributed by atoms with Crippen molar-refractivity contribution in [1.29, 1.82) is 0 Å². The van der Waals surface area contributed by atoms with Crippen molar-refractivity contribution in [2.24, 2.45) is 0 Å². The summed E-state index contributed by atoms with van der Waals surface area (Å²) >= 11 is 0. The third kappa shape index (κ3) is 6.16. The molecule has 1 fully saturated rings. The lowest BCUT2D eigenvalue weighted by Crippen LogP contribution is -2.22. The van der Waals surface area contributed by atoms with E-state index in [1.54, 1.807) is 13.8 Å². The SMILES string of the molecule is CC1CCO1.CCOC(=O)CC. The highest BCUT2D eigenvalue weighted by molar-refractivity contribution is 5.68. The Bertz CT molecular complexity index is 119. The van der Waals surface area contributed by atoms with E-state index in [-0.39, 0.29) is 5.97 Å². The lowest BCUT2D eigenvalue weighted by atomic mass is 10.2. The lowest BCUT2D eigenvalue weighted by molar-refractivity contribution is -0.142. The molecule has 0 aromatic rings. The van der Waals surface area contributed by atoms with Gasteiger partial charge in [0.2, 0.25) is 0 Å². The van der Waals surface area contributed by atoms with Gasteiger partial charge in [0.25, 0.3) is 0 Å². The Morgan fingerprint density at radius 1 is 1.58 bits per heavy atom. The molecule has 0 radical (unpaired) electrons. The average Bonchev–Trinajstić information content (AvgIpc) is 2.02. The Hall–Kier alpha value is -0.570. The van der Waals surface area contributed by atoms with Crippen LogP contribution in [-0.2, 0) is 14.3 Å². The minimum atomic E-state index is -0.123. The minimum Gasteiger partial charge on any atom is -0.466 e. The number of rotatable bonds is 2. The second-order valence-corrected chi connectivity index (χ2v) is 2.63. The first kappa shape index (κ1) is 11.4. The maximum Gasteiger partial charge on any atom is 0.305 e. The highest BCUT2D eigenvalue weighted by Gasteiger charge is 2.09. The molecule has 72 valence electrons. The van der Waals surface area contributed by atoms with Crippen LogP contribution in [0.4, 0.5) is 0 Å². The smallest absolute Gasteiger partial charge is 0.305 e. The summed E-state index contributed by atoms with van der Waals surface area (Å²) in [6, 6.07) is 0. The molecular weight excluding hydrogens is 156 g/mol. The molecule has 1 atom stereocenters. The van der Waals surface area contributed by atoms with E-state index in [9.17, 15) is 4.79 Å². The summed E-state index contributed by atoms with van der Waals surface area (Å²) in [7, 11) is 0. The molecule has 3 heteroatoms. The van der Waals surface area contributed by atoms with Gasteiger partial charge in [-0.3, -0.25) is 4.79 Å². The third-order valence-electron chi connectivity index (χ3n) is 1.52. The van der Waals surface area contributed by atoms with E-state index in [4.69, 9.17) is 4.74 Å². The predicted octanol–water partition coefficient (Wildman–Crippen LogP) is 1.75. The van der Waals surface area contributed by atoms with E-state index >= 15 is 0 Å². The van der Waals surface area contributed by atoms with Crippen LogP contribution in [-0.4, -0.2) is 25.3 Å². The van der Waals surface area contributed by atoms with Crippen LogP contribution in [0.3, 0.4) is 0 Å². The summed E-state index contributed by atoms with van der Waals surface area (Å²) in [5, 5.41) is 0. The number of esters is 1. The first-order valence-electron chi connectivity index (χ1n) is 4.47. The lowest BCUT2D eigenvalue weighted by Gasteiger charge is -2.20. The van der Waals surface area contributed by atoms with E-state index < -0.39 is 0 Å². The van der Waals surface area contributed by atoms with Crippen molar-refractivity contribution in [3.05, 3.63) is 0 Å². The number of hydrogen-bond donors (Lipinski definition) is 0. The monoisotopic (exact) mass is 174 g/mol. The fourth-order valence-corrected chi connectivity index (χ4v) is 0.617. The molecular formula is C9H18O3. The van der Waals surface area contributed by atoms with Gasteiger partial charge in [0, 0.05) is 13.0 Å². The van der Waals surface area contributed by atoms with Gasteiger partial charge in [0.15, 0.2) is 0 Å². The van der Waals surface area contributed by atoms with E-state index in [0.717, 1.165) is 6.61 Å². The van der Waals surface area contributed by atoms with Crippen molar-refractivity contribution in [2.45, 2.75) is 39.7 Å². The molecule has 1 aliphatic rings. The molecule has 0 aromatic carbocycles. The van der Waals surface area contributed by atoms with E-state index in [1.807, 2.05) is 0 Å². The topological polar surface area (TPSA) is 35.5 Å². The van der Waals surface area contributed by atoms with Gasteiger partial charge < -0.3 is 9.47 Å². The Balaban J connectivity index is 0.000000211. The van der Waals surface area contributed by atoms with Crippen LogP contribution >= 0.6 is 0 Å².